The molecular weight excluding hydrogens is 306 g/mol. The summed E-state index contributed by atoms with van der Waals surface area (Å²) in [4.78, 5) is 23.3. The highest BCUT2D eigenvalue weighted by molar-refractivity contribution is 6.30. The first kappa shape index (κ1) is 18.0. The number of amides is 1. The lowest BCUT2D eigenvalue weighted by Gasteiger charge is -2.15. The highest BCUT2D eigenvalue weighted by atomic mass is 35.5. The Morgan fingerprint density at radius 2 is 1.95 bits per heavy atom. The summed E-state index contributed by atoms with van der Waals surface area (Å²) in [6.45, 7) is 8.70. The number of hydrogen-bond donors (Lipinski definition) is 1. The van der Waals surface area contributed by atoms with Crippen LogP contribution in [0.2, 0.25) is 5.02 Å². The Hall–Kier alpha value is -2.01. The van der Waals surface area contributed by atoms with E-state index < -0.39 is 12.1 Å². The maximum Gasteiger partial charge on any atom is 0.344 e. The zero-order valence-electron chi connectivity index (χ0n) is 12.9. The Kier molecular flexibility index (Phi) is 6.92. The molecule has 5 nitrogen and oxygen atoms in total. The second kappa shape index (κ2) is 8.44. The number of carbonyl (C=O) groups excluding carboxylic acids is 2. The fourth-order valence-corrected chi connectivity index (χ4v) is 2.18. The summed E-state index contributed by atoms with van der Waals surface area (Å²) in [5.41, 5.74) is 1.66. The Labute approximate surface area is 135 Å². The van der Waals surface area contributed by atoms with Crippen LogP contribution in [0.5, 0.6) is 5.75 Å². The molecule has 0 bridgehead atoms. The fourth-order valence-electron chi connectivity index (χ4n) is 1.86. The molecule has 1 amide bonds. The summed E-state index contributed by atoms with van der Waals surface area (Å²) >= 11 is 5.93. The van der Waals surface area contributed by atoms with Gasteiger partial charge in [0.2, 0.25) is 0 Å². The number of carbonyl (C=O) groups is 2. The molecule has 1 aromatic carbocycles. The van der Waals surface area contributed by atoms with Crippen LogP contribution in [0.25, 0.3) is 0 Å². The minimum absolute atomic E-state index is 0.275. The Balaban J connectivity index is 2.53. The first-order valence-corrected chi connectivity index (χ1v) is 7.20. The van der Waals surface area contributed by atoms with Gasteiger partial charge in [0.05, 0.1) is 0 Å². The van der Waals surface area contributed by atoms with Crippen molar-refractivity contribution in [1.82, 2.24) is 5.32 Å². The van der Waals surface area contributed by atoms with Gasteiger partial charge in [0.15, 0.2) is 12.7 Å². The molecule has 0 radical (unpaired) electrons. The Morgan fingerprint density at radius 3 is 2.50 bits per heavy atom. The van der Waals surface area contributed by atoms with E-state index >= 15 is 0 Å². The van der Waals surface area contributed by atoms with Gasteiger partial charge in [0.25, 0.3) is 5.91 Å². The quantitative estimate of drug-likeness (QED) is 0.618. The molecule has 1 atom stereocenters. The molecule has 0 spiro atoms. The standard InChI is InChI=1S/C16H20ClNO4/c1-5-6-18-16(20)12(4)22-14(19)9-21-15-10(2)7-13(17)8-11(15)3/h5,7-8,12H,1,6,9H2,2-4H3,(H,18,20)/t12-/m0/s1. The molecule has 0 aromatic heterocycles. The summed E-state index contributed by atoms with van der Waals surface area (Å²) in [5, 5.41) is 3.15. The number of rotatable bonds is 7. The third kappa shape index (κ3) is 5.41. The van der Waals surface area contributed by atoms with Gasteiger partial charge in [0, 0.05) is 11.6 Å². The van der Waals surface area contributed by atoms with E-state index in [0.717, 1.165) is 11.1 Å². The predicted molar refractivity (Wildman–Crippen MR) is 85.2 cm³/mol. The second-order valence-electron chi connectivity index (χ2n) is 4.82. The van der Waals surface area contributed by atoms with Crippen LogP contribution in [0.1, 0.15) is 18.1 Å². The van der Waals surface area contributed by atoms with Gasteiger partial charge in [-0.15, -0.1) is 6.58 Å². The van der Waals surface area contributed by atoms with E-state index in [4.69, 9.17) is 21.1 Å². The van der Waals surface area contributed by atoms with Crippen molar-refractivity contribution >= 4 is 23.5 Å². The van der Waals surface area contributed by atoms with E-state index in [1.165, 1.54) is 6.92 Å². The van der Waals surface area contributed by atoms with Gasteiger partial charge in [-0.1, -0.05) is 17.7 Å². The number of esters is 1. The number of ether oxygens (including phenoxy) is 2. The maximum absolute atomic E-state index is 11.7. The lowest BCUT2D eigenvalue weighted by Crippen LogP contribution is -2.36. The zero-order chi connectivity index (χ0) is 16.7. The highest BCUT2D eigenvalue weighted by Crippen LogP contribution is 2.26. The summed E-state index contributed by atoms with van der Waals surface area (Å²) < 4.78 is 10.5. The van der Waals surface area contributed by atoms with E-state index in [1.807, 2.05) is 13.8 Å². The molecule has 0 heterocycles. The average Bonchev–Trinajstić information content (AvgIpc) is 2.43. The van der Waals surface area contributed by atoms with Crippen LogP contribution in [0.15, 0.2) is 24.8 Å². The number of aryl methyl sites for hydroxylation is 2. The number of benzene rings is 1. The van der Waals surface area contributed by atoms with Crippen molar-refractivity contribution in [3.8, 4) is 5.75 Å². The molecule has 120 valence electrons. The van der Waals surface area contributed by atoms with Crippen LogP contribution in [0.4, 0.5) is 0 Å². The van der Waals surface area contributed by atoms with Crippen molar-refractivity contribution in [2.75, 3.05) is 13.2 Å². The van der Waals surface area contributed by atoms with Crippen LogP contribution < -0.4 is 10.1 Å². The van der Waals surface area contributed by atoms with Crippen LogP contribution in [0, 0.1) is 13.8 Å². The van der Waals surface area contributed by atoms with Crippen molar-refractivity contribution in [3.05, 3.63) is 40.9 Å². The molecule has 1 N–H and O–H groups in total. The van der Waals surface area contributed by atoms with Gasteiger partial charge in [-0.2, -0.15) is 0 Å². The molecule has 0 aliphatic carbocycles. The minimum Gasteiger partial charge on any atom is -0.481 e. The van der Waals surface area contributed by atoms with Gasteiger partial charge in [0.1, 0.15) is 5.75 Å². The normalized spacial score (nSPS) is 11.5. The van der Waals surface area contributed by atoms with Crippen molar-refractivity contribution in [2.45, 2.75) is 26.9 Å². The SMILES string of the molecule is C=CCNC(=O)[C@H](C)OC(=O)COc1c(C)cc(Cl)cc1C. The molecule has 1 rings (SSSR count). The van der Waals surface area contributed by atoms with Crippen LogP contribution in [-0.2, 0) is 14.3 Å². The van der Waals surface area contributed by atoms with Crippen LogP contribution in [-0.4, -0.2) is 31.1 Å². The Bertz CT molecular complexity index is 548. The molecule has 0 aliphatic rings. The average molecular weight is 326 g/mol. The third-order valence-electron chi connectivity index (χ3n) is 2.86. The number of halogens is 1. The van der Waals surface area contributed by atoms with Gasteiger partial charge in [-0.3, -0.25) is 4.79 Å². The minimum atomic E-state index is -0.886. The van der Waals surface area contributed by atoms with Gasteiger partial charge in [-0.25, -0.2) is 4.79 Å². The molecule has 0 unspecified atom stereocenters. The van der Waals surface area contributed by atoms with Crippen LogP contribution in [0.3, 0.4) is 0 Å². The summed E-state index contributed by atoms with van der Waals surface area (Å²) in [5.74, 6) is -0.410. The summed E-state index contributed by atoms with van der Waals surface area (Å²) in [6.07, 6.45) is 0.658. The first-order valence-electron chi connectivity index (χ1n) is 6.82. The molecule has 0 saturated heterocycles. The molecule has 1 aromatic rings. The second-order valence-corrected chi connectivity index (χ2v) is 5.26. The molecule has 22 heavy (non-hydrogen) atoms. The van der Waals surface area contributed by atoms with E-state index in [2.05, 4.69) is 11.9 Å². The molecule has 6 heteroatoms. The molecule has 0 saturated carbocycles. The van der Waals surface area contributed by atoms with Gasteiger partial charge in [-0.05, 0) is 44.0 Å². The number of hydrogen-bond acceptors (Lipinski definition) is 4. The molecule has 0 fully saturated rings. The lowest BCUT2D eigenvalue weighted by atomic mass is 10.1. The fraction of sp³-hybridized carbons (Fsp3) is 0.375. The largest absolute Gasteiger partial charge is 0.481 e. The van der Waals surface area contributed by atoms with Crippen molar-refractivity contribution in [2.24, 2.45) is 0 Å². The summed E-state index contributed by atoms with van der Waals surface area (Å²) in [6, 6.07) is 3.50. The van der Waals surface area contributed by atoms with E-state index in [-0.39, 0.29) is 12.5 Å². The maximum atomic E-state index is 11.7. The van der Waals surface area contributed by atoms with Crippen molar-refractivity contribution in [3.63, 3.8) is 0 Å². The zero-order valence-corrected chi connectivity index (χ0v) is 13.7. The monoisotopic (exact) mass is 325 g/mol. The van der Waals surface area contributed by atoms with Crippen molar-refractivity contribution < 1.29 is 19.1 Å². The van der Waals surface area contributed by atoms with E-state index in [0.29, 0.717) is 17.3 Å². The lowest BCUT2D eigenvalue weighted by molar-refractivity contribution is -0.156. The van der Waals surface area contributed by atoms with E-state index in [1.54, 1.807) is 18.2 Å². The number of nitrogens with one attached hydrogen (secondary N) is 1. The first-order chi connectivity index (χ1) is 10.3. The smallest absolute Gasteiger partial charge is 0.344 e. The molecule has 0 aliphatic heterocycles. The highest BCUT2D eigenvalue weighted by Gasteiger charge is 2.18. The predicted octanol–water partition coefficient (Wildman–Crippen LogP) is 2.57. The molecular formula is C16H20ClNO4. The van der Waals surface area contributed by atoms with Crippen molar-refractivity contribution in [1.29, 1.82) is 0 Å². The van der Waals surface area contributed by atoms with Crippen LogP contribution >= 0.6 is 11.6 Å². The van der Waals surface area contributed by atoms with Gasteiger partial charge >= 0.3 is 5.97 Å². The summed E-state index contributed by atoms with van der Waals surface area (Å²) in [7, 11) is 0. The Morgan fingerprint density at radius 1 is 1.36 bits per heavy atom. The van der Waals surface area contributed by atoms with E-state index in [9.17, 15) is 9.59 Å². The topological polar surface area (TPSA) is 64.6 Å². The van der Waals surface area contributed by atoms with Gasteiger partial charge < -0.3 is 14.8 Å². The third-order valence-corrected chi connectivity index (χ3v) is 3.08.